The second-order valence-electron chi connectivity index (χ2n) is 9.75. The second kappa shape index (κ2) is 7.98. The highest BCUT2D eigenvalue weighted by Gasteiger charge is 2.44. The number of benzene rings is 3. The minimum atomic E-state index is -4.37. The molecule has 1 N–H and O–H groups in total. The van der Waals surface area contributed by atoms with Crippen molar-refractivity contribution in [3.05, 3.63) is 93.8 Å². The van der Waals surface area contributed by atoms with E-state index in [1.165, 1.54) is 30.7 Å². The first-order chi connectivity index (χ1) is 15.7. The molecule has 1 atom stereocenters. The molecule has 33 heavy (non-hydrogen) atoms. The van der Waals surface area contributed by atoms with Crippen molar-refractivity contribution in [2.24, 2.45) is 5.41 Å². The lowest BCUT2D eigenvalue weighted by Gasteiger charge is -2.48. The minimum Gasteiger partial charge on any atom is -0.388 e. The summed E-state index contributed by atoms with van der Waals surface area (Å²) >= 11 is 0. The Morgan fingerprint density at radius 1 is 1.00 bits per heavy atom. The van der Waals surface area contributed by atoms with Crippen LogP contribution in [0.2, 0.25) is 0 Å². The van der Waals surface area contributed by atoms with Gasteiger partial charge in [-0.3, -0.25) is 0 Å². The number of fused-ring (bicyclic) bond motifs is 1. The van der Waals surface area contributed by atoms with Gasteiger partial charge in [0.15, 0.2) is 0 Å². The molecule has 3 aromatic rings. The minimum absolute atomic E-state index is 0.174. The molecule has 0 radical (unpaired) electrons. The zero-order valence-corrected chi connectivity index (χ0v) is 18.5. The zero-order valence-electron chi connectivity index (χ0n) is 18.5. The molecule has 5 rings (SSSR count). The van der Waals surface area contributed by atoms with Crippen LogP contribution in [0.25, 0.3) is 11.1 Å². The Hall–Kier alpha value is -2.66. The standard InChI is InChI=1S/C28H26F4O/c1-17-13-20-15-27(11-2-12-27)16-24(33)26(20)25(19-5-9-22(29)10-6-19)23(17)14-18-3-7-21(8-4-18)28(30,31)32/h3-10,13,24,33H,2,11-12,14-16H2,1H3. The van der Waals surface area contributed by atoms with Gasteiger partial charge in [0, 0.05) is 0 Å². The van der Waals surface area contributed by atoms with Gasteiger partial charge in [-0.1, -0.05) is 36.8 Å². The summed E-state index contributed by atoms with van der Waals surface area (Å²) in [5, 5.41) is 11.3. The van der Waals surface area contributed by atoms with Crippen molar-refractivity contribution >= 4 is 0 Å². The van der Waals surface area contributed by atoms with Gasteiger partial charge in [0.2, 0.25) is 0 Å². The molecule has 172 valence electrons. The summed E-state index contributed by atoms with van der Waals surface area (Å²) in [6.45, 7) is 2.02. The molecule has 1 spiro atoms. The Morgan fingerprint density at radius 3 is 2.24 bits per heavy atom. The van der Waals surface area contributed by atoms with E-state index in [9.17, 15) is 22.7 Å². The zero-order chi connectivity index (χ0) is 23.4. The van der Waals surface area contributed by atoms with E-state index < -0.39 is 17.8 Å². The lowest BCUT2D eigenvalue weighted by atomic mass is 9.58. The van der Waals surface area contributed by atoms with Crippen LogP contribution in [-0.2, 0) is 19.0 Å². The van der Waals surface area contributed by atoms with E-state index in [1.54, 1.807) is 12.1 Å². The van der Waals surface area contributed by atoms with Crippen molar-refractivity contribution in [1.82, 2.24) is 0 Å². The molecule has 5 heteroatoms. The number of alkyl halides is 3. The average Bonchev–Trinajstić information content (AvgIpc) is 2.74. The third-order valence-electron chi connectivity index (χ3n) is 7.52. The van der Waals surface area contributed by atoms with Crippen molar-refractivity contribution < 1.29 is 22.7 Å². The van der Waals surface area contributed by atoms with E-state index >= 15 is 0 Å². The molecule has 2 aliphatic carbocycles. The highest BCUT2D eigenvalue weighted by molar-refractivity contribution is 5.75. The van der Waals surface area contributed by atoms with E-state index in [1.807, 2.05) is 6.92 Å². The lowest BCUT2D eigenvalue weighted by molar-refractivity contribution is -0.137. The van der Waals surface area contributed by atoms with Crippen molar-refractivity contribution in [1.29, 1.82) is 0 Å². The van der Waals surface area contributed by atoms with Gasteiger partial charge in [-0.25, -0.2) is 4.39 Å². The Balaban J connectivity index is 1.63. The summed E-state index contributed by atoms with van der Waals surface area (Å²) in [6.07, 6.45) is 0.539. The Kier molecular flexibility index (Phi) is 5.36. The predicted molar refractivity (Wildman–Crippen MR) is 120 cm³/mol. The van der Waals surface area contributed by atoms with Crippen LogP contribution in [0.4, 0.5) is 17.6 Å². The van der Waals surface area contributed by atoms with Gasteiger partial charge in [0.25, 0.3) is 0 Å². The van der Waals surface area contributed by atoms with Gasteiger partial charge in [-0.05, 0) is 108 Å². The molecule has 1 fully saturated rings. The molecule has 0 heterocycles. The number of hydrogen-bond donors (Lipinski definition) is 1. The first kappa shape index (κ1) is 22.1. The number of aliphatic hydroxyl groups excluding tert-OH is 1. The maximum atomic E-state index is 13.7. The molecular formula is C28H26F4O. The highest BCUT2D eigenvalue weighted by atomic mass is 19.4. The van der Waals surface area contributed by atoms with Gasteiger partial charge in [0.05, 0.1) is 11.7 Å². The topological polar surface area (TPSA) is 20.2 Å². The maximum absolute atomic E-state index is 13.7. The highest BCUT2D eigenvalue weighted by Crippen LogP contribution is 2.55. The molecule has 0 aromatic heterocycles. The largest absolute Gasteiger partial charge is 0.416 e. The smallest absolute Gasteiger partial charge is 0.388 e. The van der Waals surface area contributed by atoms with Gasteiger partial charge in [-0.15, -0.1) is 0 Å². The number of halogens is 4. The molecule has 1 saturated carbocycles. The first-order valence-electron chi connectivity index (χ1n) is 11.4. The summed E-state index contributed by atoms with van der Waals surface area (Å²) in [5.41, 5.74) is 6.01. The quantitative estimate of drug-likeness (QED) is 0.405. The summed E-state index contributed by atoms with van der Waals surface area (Å²) in [7, 11) is 0. The average molecular weight is 455 g/mol. The van der Waals surface area contributed by atoms with Crippen LogP contribution >= 0.6 is 0 Å². The van der Waals surface area contributed by atoms with Gasteiger partial charge >= 0.3 is 6.18 Å². The van der Waals surface area contributed by atoms with Crippen LogP contribution in [0.1, 0.15) is 65.2 Å². The summed E-state index contributed by atoms with van der Waals surface area (Å²) in [4.78, 5) is 0. The van der Waals surface area contributed by atoms with Crippen molar-refractivity contribution in [3.63, 3.8) is 0 Å². The van der Waals surface area contributed by atoms with Gasteiger partial charge < -0.3 is 5.11 Å². The van der Waals surface area contributed by atoms with Crippen LogP contribution in [0.5, 0.6) is 0 Å². The summed E-state index contributed by atoms with van der Waals surface area (Å²) < 4.78 is 52.7. The van der Waals surface area contributed by atoms with E-state index in [2.05, 4.69) is 6.07 Å². The predicted octanol–water partition coefficient (Wildman–Crippen LogP) is 7.56. The SMILES string of the molecule is Cc1cc2c(c(-c3ccc(F)cc3)c1Cc1ccc(C(F)(F)F)cc1)C(O)CC1(CCC1)C2. The molecule has 0 saturated heterocycles. The third kappa shape index (κ3) is 4.08. The number of hydrogen-bond acceptors (Lipinski definition) is 1. The number of rotatable bonds is 3. The van der Waals surface area contributed by atoms with Crippen molar-refractivity contribution in [2.75, 3.05) is 0 Å². The fraction of sp³-hybridized carbons (Fsp3) is 0.357. The second-order valence-corrected chi connectivity index (χ2v) is 9.75. The van der Waals surface area contributed by atoms with E-state index in [4.69, 9.17) is 0 Å². The molecule has 3 aromatic carbocycles. The normalized spacial score (nSPS) is 19.3. The number of aliphatic hydroxyl groups is 1. The van der Waals surface area contributed by atoms with E-state index in [0.717, 1.165) is 76.8 Å². The number of aryl methyl sites for hydroxylation is 1. The van der Waals surface area contributed by atoms with Crippen molar-refractivity contribution in [2.45, 2.75) is 57.7 Å². The lowest BCUT2D eigenvalue weighted by Crippen LogP contribution is -2.37. The summed E-state index contributed by atoms with van der Waals surface area (Å²) in [5.74, 6) is -0.335. The monoisotopic (exact) mass is 454 g/mol. The van der Waals surface area contributed by atoms with Crippen LogP contribution in [0.15, 0.2) is 54.6 Å². The maximum Gasteiger partial charge on any atom is 0.416 e. The van der Waals surface area contributed by atoms with Gasteiger partial charge in [0.1, 0.15) is 5.82 Å². The molecule has 0 bridgehead atoms. The summed E-state index contributed by atoms with van der Waals surface area (Å²) in [6, 6.07) is 13.6. The van der Waals surface area contributed by atoms with Crippen LogP contribution < -0.4 is 0 Å². The van der Waals surface area contributed by atoms with Crippen LogP contribution in [0.3, 0.4) is 0 Å². The Morgan fingerprint density at radius 2 is 1.67 bits per heavy atom. The first-order valence-corrected chi connectivity index (χ1v) is 11.4. The van der Waals surface area contributed by atoms with Crippen molar-refractivity contribution in [3.8, 4) is 11.1 Å². The van der Waals surface area contributed by atoms with E-state index in [-0.39, 0.29) is 11.2 Å². The molecular weight excluding hydrogens is 428 g/mol. The van der Waals surface area contributed by atoms with E-state index in [0.29, 0.717) is 6.42 Å². The Labute approximate surface area is 191 Å². The van der Waals surface area contributed by atoms with Crippen LogP contribution in [-0.4, -0.2) is 5.11 Å². The molecule has 0 aliphatic heterocycles. The van der Waals surface area contributed by atoms with Crippen LogP contribution in [0, 0.1) is 18.2 Å². The fourth-order valence-electron chi connectivity index (χ4n) is 5.71. The molecule has 2 aliphatic rings. The molecule has 0 amide bonds. The Bertz CT molecular complexity index is 1170. The van der Waals surface area contributed by atoms with Gasteiger partial charge in [-0.2, -0.15) is 13.2 Å². The third-order valence-corrected chi connectivity index (χ3v) is 7.52. The molecule has 1 nitrogen and oxygen atoms in total. The molecule has 1 unspecified atom stereocenters. The fourth-order valence-corrected chi connectivity index (χ4v) is 5.71.